The summed E-state index contributed by atoms with van der Waals surface area (Å²) in [5.41, 5.74) is -4.19. The van der Waals surface area contributed by atoms with Crippen LogP contribution >= 0.6 is 0 Å². The molecule has 0 atom stereocenters. The Hall–Kier alpha value is -2.60. The molecule has 12 heteroatoms. The Morgan fingerprint density at radius 3 is 1.89 bits per heavy atom. The fraction of sp³-hybridized carbons (Fsp3) is 0. The SMILES string of the molecule is O=C(O)c1ccc(S(=O)(=O)O)c([N+](=O)[O-])c1[N+](=O)[O-]. The topological polar surface area (TPSA) is 178 Å². The number of rotatable bonds is 4. The maximum absolute atomic E-state index is 10.9. The molecule has 0 unspecified atom stereocenters. The Morgan fingerprint density at radius 1 is 1.11 bits per heavy atom. The van der Waals surface area contributed by atoms with Crippen molar-refractivity contribution in [3.8, 4) is 0 Å². The number of nitrogens with zero attached hydrogens (tertiary/aromatic N) is 2. The van der Waals surface area contributed by atoms with Gasteiger partial charge in [-0.2, -0.15) is 8.42 Å². The van der Waals surface area contributed by atoms with Crippen LogP contribution in [-0.4, -0.2) is 33.9 Å². The van der Waals surface area contributed by atoms with Crippen LogP contribution in [0.15, 0.2) is 17.0 Å². The number of benzene rings is 1. The molecule has 102 valence electrons. The normalized spacial score (nSPS) is 11.0. The second-order valence-corrected chi connectivity index (χ2v) is 4.49. The van der Waals surface area contributed by atoms with Crippen LogP contribution in [-0.2, 0) is 10.1 Å². The van der Waals surface area contributed by atoms with Gasteiger partial charge in [-0.1, -0.05) is 0 Å². The molecule has 0 fully saturated rings. The first-order valence-electron chi connectivity index (χ1n) is 4.24. The van der Waals surface area contributed by atoms with Crippen LogP contribution in [0.4, 0.5) is 11.4 Å². The molecule has 1 aromatic carbocycles. The lowest BCUT2D eigenvalue weighted by molar-refractivity contribution is -0.424. The minimum Gasteiger partial charge on any atom is -0.477 e. The third kappa shape index (κ3) is 2.63. The first-order chi connectivity index (χ1) is 8.57. The third-order valence-electron chi connectivity index (χ3n) is 1.99. The van der Waals surface area contributed by atoms with Gasteiger partial charge in [-0.15, -0.1) is 0 Å². The lowest BCUT2D eigenvalue weighted by Gasteiger charge is -2.03. The number of nitro benzene ring substituents is 2. The standard InChI is InChI=1S/C7H4N2O9S/c10-7(11)3-1-2-4(19(16,17)18)6(9(14)15)5(3)8(12)13/h1-2H,(H,10,11)(H,16,17,18). The number of hydrogen-bond acceptors (Lipinski definition) is 7. The summed E-state index contributed by atoms with van der Waals surface area (Å²) >= 11 is 0. The molecule has 0 radical (unpaired) electrons. The van der Waals surface area contributed by atoms with Crippen LogP contribution in [0.5, 0.6) is 0 Å². The molecule has 0 aliphatic heterocycles. The zero-order valence-corrected chi connectivity index (χ0v) is 9.53. The van der Waals surface area contributed by atoms with Gasteiger partial charge in [-0.3, -0.25) is 24.8 Å². The largest absolute Gasteiger partial charge is 0.477 e. The highest BCUT2D eigenvalue weighted by Gasteiger charge is 2.39. The summed E-state index contributed by atoms with van der Waals surface area (Å²) in [5, 5.41) is 30.1. The number of carboxylic acid groups (broad SMARTS) is 1. The lowest BCUT2D eigenvalue weighted by atomic mass is 10.1. The molecule has 2 N–H and O–H groups in total. The number of nitro groups is 2. The summed E-state index contributed by atoms with van der Waals surface area (Å²) in [4.78, 5) is 27.9. The molecule has 0 aromatic heterocycles. The minimum absolute atomic E-state index is 0.407. The Kier molecular flexibility index (Phi) is 3.49. The van der Waals surface area contributed by atoms with E-state index in [2.05, 4.69) is 0 Å². The van der Waals surface area contributed by atoms with Gasteiger partial charge in [-0.05, 0) is 12.1 Å². The molecule has 0 aliphatic rings. The van der Waals surface area contributed by atoms with E-state index in [9.17, 15) is 33.4 Å². The number of carboxylic acids is 1. The Balaban J connectivity index is 3.96. The van der Waals surface area contributed by atoms with E-state index in [0.717, 1.165) is 0 Å². The summed E-state index contributed by atoms with van der Waals surface area (Å²) in [5.74, 6) is -1.85. The number of carbonyl (C=O) groups is 1. The van der Waals surface area contributed by atoms with E-state index in [-0.39, 0.29) is 0 Å². The van der Waals surface area contributed by atoms with E-state index in [0.29, 0.717) is 12.1 Å². The van der Waals surface area contributed by atoms with Crippen LogP contribution in [0, 0.1) is 20.2 Å². The fourth-order valence-electron chi connectivity index (χ4n) is 1.30. The molecule has 1 rings (SSSR count). The third-order valence-corrected chi connectivity index (χ3v) is 2.87. The molecule has 19 heavy (non-hydrogen) atoms. The summed E-state index contributed by atoms with van der Waals surface area (Å²) in [7, 11) is -5.12. The van der Waals surface area contributed by atoms with Crippen LogP contribution in [0.1, 0.15) is 10.4 Å². The van der Waals surface area contributed by atoms with Gasteiger partial charge in [0.1, 0.15) is 5.56 Å². The van der Waals surface area contributed by atoms with E-state index in [1.165, 1.54) is 0 Å². The van der Waals surface area contributed by atoms with Crippen molar-refractivity contribution in [1.29, 1.82) is 0 Å². The Morgan fingerprint density at radius 2 is 1.58 bits per heavy atom. The van der Waals surface area contributed by atoms with Gasteiger partial charge in [-0.25, -0.2) is 4.79 Å². The fourth-order valence-corrected chi connectivity index (χ4v) is 1.96. The average Bonchev–Trinajstić information content (AvgIpc) is 2.25. The molecule has 0 spiro atoms. The van der Waals surface area contributed by atoms with Gasteiger partial charge in [0.15, 0.2) is 4.90 Å². The molecule has 0 bridgehead atoms. The van der Waals surface area contributed by atoms with E-state index >= 15 is 0 Å². The quantitative estimate of drug-likeness (QED) is 0.452. The van der Waals surface area contributed by atoms with E-state index in [1.807, 2.05) is 0 Å². The van der Waals surface area contributed by atoms with Crippen molar-refractivity contribution in [3.63, 3.8) is 0 Å². The van der Waals surface area contributed by atoms with E-state index < -0.39 is 47.8 Å². The van der Waals surface area contributed by atoms with Gasteiger partial charge in [0.2, 0.25) is 0 Å². The first kappa shape index (κ1) is 14.5. The van der Waals surface area contributed by atoms with E-state index in [4.69, 9.17) is 9.66 Å². The highest BCUT2D eigenvalue weighted by molar-refractivity contribution is 7.86. The lowest BCUT2D eigenvalue weighted by Crippen LogP contribution is -2.10. The zero-order valence-electron chi connectivity index (χ0n) is 8.71. The highest BCUT2D eigenvalue weighted by Crippen LogP contribution is 2.36. The first-order valence-corrected chi connectivity index (χ1v) is 5.68. The average molecular weight is 292 g/mol. The van der Waals surface area contributed by atoms with Gasteiger partial charge in [0.25, 0.3) is 0 Å². The monoisotopic (exact) mass is 292 g/mol. The molecular formula is C7H4N2O9S. The van der Waals surface area contributed by atoms with Crippen LogP contribution < -0.4 is 0 Å². The minimum atomic E-state index is -5.12. The van der Waals surface area contributed by atoms with Crippen molar-refractivity contribution < 1.29 is 32.7 Å². The molecule has 0 saturated carbocycles. The smallest absolute Gasteiger partial charge is 0.367 e. The molecule has 0 saturated heterocycles. The summed E-state index contributed by atoms with van der Waals surface area (Å²) in [6.45, 7) is 0. The second-order valence-electron chi connectivity index (χ2n) is 3.10. The highest BCUT2D eigenvalue weighted by atomic mass is 32.2. The van der Waals surface area contributed by atoms with E-state index in [1.54, 1.807) is 0 Å². The van der Waals surface area contributed by atoms with Crippen molar-refractivity contribution in [2.45, 2.75) is 4.90 Å². The predicted octanol–water partition coefficient (Wildman–Crippen LogP) is 0.448. The Labute approximate surface area is 104 Å². The maximum atomic E-state index is 10.9. The summed E-state index contributed by atoms with van der Waals surface area (Å²) in [6, 6.07) is 0.889. The van der Waals surface area contributed by atoms with Crippen LogP contribution in [0.2, 0.25) is 0 Å². The summed E-state index contributed by atoms with van der Waals surface area (Å²) < 4.78 is 30.5. The molecular weight excluding hydrogens is 288 g/mol. The van der Waals surface area contributed by atoms with Gasteiger partial charge in [0.05, 0.1) is 9.85 Å². The number of aromatic carboxylic acids is 1. The molecule has 1 aromatic rings. The summed E-state index contributed by atoms with van der Waals surface area (Å²) in [6.07, 6.45) is 0. The Bertz CT molecular complexity index is 693. The second kappa shape index (κ2) is 4.58. The molecule has 0 amide bonds. The van der Waals surface area contributed by atoms with Crippen molar-refractivity contribution in [2.24, 2.45) is 0 Å². The number of hydrogen-bond donors (Lipinski definition) is 2. The zero-order chi connectivity index (χ0) is 15.0. The van der Waals surface area contributed by atoms with Crippen LogP contribution in [0.25, 0.3) is 0 Å². The van der Waals surface area contributed by atoms with Gasteiger partial charge >= 0.3 is 27.5 Å². The van der Waals surface area contributed by atoms with Crippen molar-refractivity contribution in [3.05, 3.63) is 37.9 Å². The predicted molar refractivity (Wildman–Crippen MR) is 56.5 cm³/mol. The van der Waals surface area contributed by atoms with Gasteiger partial charge < -0.3 is 5.11 Å². The van der Waals surface area contributed by atoms with Gasteiger partial charge in [0, 0.05) is 0 Å². The van der Waals surface area contributed by atoms with Crippen LogP contribution in [0.3, 0.4) is 0 Å². The van der Waals surface area contributed by atoms with Crippen molar-refractivity contribution >= 4 is 27.5 Å². The molecule has 0 heterocycles. The molecule has 0 aliphatic carbocycles. The molecule has 11 nitrogen and oxygen atoms in total. The maximum Gasteiger partial charge on any atom is 0.367 e. The van der Waals surface area contributed by atoms with Crippen molar-refractivity contribution in [1.82, 2.24) is 0 Å². The van der Waals surface area contributed by atoms with Crippen molar-refractivity contribution in [2.75, 3.05) is 0 Å².